The fraction of sp³-hybridized carbons (Fsp3) is 0.333. The molecule has 0 spiro atoms. The Morgan fingerprint density at radius 1 is 1.20 bits per heavy atom. The second kappa shape index (κ2) is 8.84. The molecule has 0 aliphatic heterocycles. The van der Waals surface area contributed by atoms with Gasteiger partial charge < -0.3 is 5.32 Å². The molecule has 15 heavy (non-hydrogen) atoms. The normalized spacial score (nSPS) is 11.0. The zero-order chi connectivity index (χ0) is 10.8. The number of halogens is 1. The van der Waals surface area contributed by atoms with Gasteiger partial charge in [-0.1, -0.05) is 30.4 Å². The van der Waals surface area contributed by atoms with E-state index in [1.165, 1.54) is 4.90 Å². The van der Waals surface area contributed by atoms with Crippen LogP contribution in [-0.2, 0) is 0 Å². The fourth-order valence-corrected chi connectivity index (χ4v) is 2.05. The predicted octanol–water partition coefficient (Wildman–Crippen LogP) is 3.16. The molecule has 0 saturated carbocycles. The zero-order valence-electron chi connectivity index (χ0n) is 8.66. The van der Waals surface area contributed by atoms with E-state index in [-0.39, 0.29) is 0 Å². The first-order valence-electron chi connectivity index (χ1n) is 5.03. The van der Waals surface area contributed by atoms with Crippen LogP contribution >= 0.6 is 23.4 Å². The number of nitrogens with one attached hydrogen (secondary N) is 1. The van der Waals surface area contributed by atoms with Crippen LogP contribution in [-0.4, -0.2) is 24.7 Å². The summed E-state index contributed by atoms with van der Waals surface area (Å²) in [5.74, 6) is 1.69. The highest BCUT2D eigenvalue weighted by Crippen LogP contribution is 2.15. The van der Waals surface area contributed by atoms with Crippen molar-refractivity contribution < 1.29 is 0 Å². The van der Waals surface area contributed by atoms with Crippen molar-refractivity contribution in [2.75, 3.05) is 24.7 Å². The van der Waals surface area contributed by atoms with Crippen molar-refractivity contribution >= 4 is 23.4 Å². The van der Waals surface area contributed by atoms with Gasteiger partial charge in [0, 0.05) is 29.6 Å². The van der Waals surface area contributed by atoms with Gasteiger partial charge in [0.25, 0.3) is 0 Å². The molecular weight excluding hydrogens is 226 g/mol. The van der Waals surface area contributed by atoms with Crippen LogP contribution in [0.5, 0.6) is 0 Å². The molecule has 0 radical (unpaired) electrons. The molecule has 82 valence electrons. The largest absolute Gasteiger partial charge is 0.312 e. The summed E-state index contributed by atoms with van der Waals surface area (Å²) in [6.07, 6.45) is 4.01. The van der Waals surface area contributed by atoms with Crippen molar-refractivity contribution in [1.82, 2.24) is 5.32 Å². The molecule has 3 heteroatoms. The van der Waals surface area contributed by atoms with Crippen LogP contribution in [0.4, 0.5) is 0 Å². The minimum atomic E-state index is 0.598. The Hall–Kier alpha value is -0.440. The minimum Gasteiger partial charge on any atom is -0.312 e. The highest BCUT2D eigenvalue weighted by molar-refractivity contribution is 7.99. The molecule has 1 nitrogen and oxygen atoms in total. The van der Waals surface area contributed by atoms with Crippen LogP contribution in [0, 0.1) is 0 Å². The van der Waals surface area contributed by atoms with Crippen molar-refractivity contribution in [1.29, 1.82) is 0 Å². The molecule has 1 rings (SSSR count). The lowest BCUT2D eigenvalue weighted by molar-refractivity contribution is 0.805. The Morgan fingerprint density at radius 2 is 2.00 bits per heavy atom. The predicted molar refractivity (Wildman–Crippen MR) is 69.9 cm³/mol. The molecule has 1 N–H and O–H groups in total. The number of hydrogen-bond donors (Lipinski definition) is 1. The molecule has 0 saturated heterocycles. The van der Waals surface area contributed by atoms with Gasteiger partial charge in [0.05, 0.1) is 0 Å². The van der Waals surface area contributed by atoms with Gasteiger partial charge in [-0.25, -0.2) is 0 Å². The van der Waals surface area contributed by atoms with Crippen LogP contribution in [0.25, 0.3) is 0 Å². The summed E-state index contributed by atoms with van der Waals surface area (Å²) >= 11 is 7.37. The Kier molecular flexibility index (Phi) is 7.44. The molecule has 0 unspecified atom stereocenters. The average molecular weight is 242 g/mol. The lowest BCUT2D eigenvalue weighted by Crippen LogP contribution is -2.16. The van der Waals surface area contributed by atoms with Crippen LogP contribution in [0.15, 0.2) is 47.4 Å². The summed E-state index contributed by atoms with van der Waals surface area (Å²) in [4.78, 5) is 1.33. The van der Waals surface area contributed by atoms with Crippen LogP contribution in [0.3, 0.4) is 0 Å². The first kappa shape index (κ1) is 12.6. The fourth-order valence-electron chi connectivity index (χ4n) is 1.09. The standard InChI is InChI=1S/C12H16ClNS/c13-8-4-5-9-14-10-11-15-12-6-2-1-3-7-12/h1-7,14H,8-11H2/b5-4+. The Labute approximate surface area is 101 Å². The lowest BCUT2D eigenvalue weighted by atomic mass is 10.4. The highest BCUT2D eigenvalue weighted by Gasteiger charge is 1.90. The minimum absolute atomic E-state index is 0.598. The van der Waals surface area contributed by atoms with Crippen molar-refractivity contribution in [3.05, 3.63) is 42.5 Å². The van der Waals surface area contributed by atoms with Crippen molar-refractivity contribution in [3.8, 4) is 0 Å². The van der Waals surface area contributed by atoms with Crippen LogP contribution < -0.4 is 5.32 Å². The third-order valence-corrected chi connectivity index (χ3v) is 3.00. The van der Waals surface area contributed by atoms with Crippen LogP contribution in [0.1, 0.15) is 0 Å². The summed E-state index contributed by atoms with van der Waals surface area (Å²) in [5, 5.41) is 3.32. The number of hydrogen-bond acceptors (Lipinski definition) is 2. The van der Waals surface area contributed by atoms with Gasteiger partial charge in [-0.05, 0) is 12.1 Å². The van der Waals surface area contributed by atoms with E-state index < -0.39 is 0 Å². The average Bonchev–Trinajstić information content (AvgIpc) is 2.29. The van der Waals surface area contributed by atoms with Gasteiger partial charge in [-0.3, -0.25) is 0 Å². The van der Waals surface area contributed by atoms with Gasteiger partial charge in [0.2, 0.25) is 0 Å². The van der Waals surface area contributed by atoms with Crippen molar-refractivity contribution in [2.24, 2.45) is 0 Å². The molecule has 0 atom stereocenters. The van der Waals surface area contributed by atoms with E-state index in [0.29, 0.717) is 5.88 Å². The SMILES string of the molecule is ClC/C=C/CNCCSc1ccccc1. The quantitative estimate of drug-likeness (QED) is 0.341. The molecule has 0 heterocycles. The van der Waals surface area contributed by atoms with Gasteiger partial charge in [0.15, 0.2) is 0 Å². The second-order valence-corrected chi connectivity index (χ2v) is 4.47. The van der Waals surface area contributed by atoms with E-state index in [2.05, 4.69) is 35.7 Å². The molecule has 0 fully saturated rings. The summed E-state index contributed by atoms with van der Waals surface area (Å²) < 4.78 is 0. The Bertz CT molecular complexity index is 274. The lowest BCUT2D eigenvalue weighted by Gasteiger charge is -2.01. The molecule has 0 amide bonds. The first-order valence-corrected chi connectivity index (χ1v) is 6.55. The maximum absolute atomic E-state index is 5.50. The first-order chi connectivity index (χ1) is 7.43. The second-order valence-electron chi connectivity index (χ2n) is 2.99. The topological polar surface area (TPSA) is 12.0 Å². The van der Waals surface area contributed by atoms with Gasteiger partial charge in [0.1, 0.15) is 0 Å². The van der Waals surface area contributed by atoms with Crippen molar-refractivity contribution in [3.63, 3.8) is 0 Å². The smallest absolute Gasteiger partial charge is 0.0404 e. The molecule has 0 bridgehead atoms. The number of thioether (sulfide) groups is 1. The van der Waals surface area contributed by atoms with E-state index in [0.717, 1.165) is 18.8 Å². The monoisotopic (exact) mass is 241 g/mol. The highest BCUT2D eigenvalue weighted by atomic mass is 35.5. The summed E-state index contributed by atoms with van der Waals surface area (Å²) in [7, 11) is 0. The molecule has 0 aromatic heterocycles. The third kappa shape index (κ3) is 6.61. The van der Waals surface area contributed by atoms with E-state index in [4.69, 9.17) is 11.6 Å². The maximum Gasteiger partial charge on any atom is 0.0404 e. The Balaban J connectivity index is 2.00. The molecule has 0 aliphatic carbocycles. The summed E-state index contributed by atoms with van der Waals surface area (Å²) in [6.45, 7) is 1.92. The molecule has 1 aromatic carbocycles. The van der Waals surface area contributed by atoms with E-state index in [1.807, 2.05) is 23.9 Å². The van der Waals surface area contributed by atoms with E-state index in [1.54, 1.807) is 0 Å². The van der Waals surface area contributed by atoms with E-state index >= 15 is 0 Å². The van der Waals surface area contributed by atoms with Gasteiger partial charge in [-0.15, -0.1) is 23.4 Å². The zero-order valence-corrected chi connectivity index (χ0v) is 10.2. The van der Waals surface area contributed by atoms with Gasteiger partial charge in [-0.2, -0.15) is 0 Å². The van der Waals surface area contributed by atoms with Crippen LogP contribution in [0.2, 0.25) is 0 Å². The van der Waals surface area contributed by atoms with E-state index in [9.17, 15) is 0 Å². The van der Waals surface area contributed by atoms with Crippen molar-refractivity contribution in [2.45, 2.75) is 4.90 Å². The van der Waals surface area contributed by atoms with Gasteiger partial charge >= 0.3 is 0 Å². The number of alkyl halides is 1. The summed E-state index contributed by atoms with van der Waals surface area (Å²) in [5.41, 5.74) is 0. The molecular formula is C12H16ClNS. The number of allylic oxidation sites excluding steroid dienone is 1. The number of benzene rings is 1. The third-order valence-electron chi connectivity index (χ3n) is 1.81. The summed E-state index contributed by atoms with van der Waals surface area (Å²) in [6, 6.07) is 10.5. The number of rotatable bonds is 7. The maximum atomic E-state index is 5.50. The Morgan fingerprint density at radius 3 is 2.73 bits per heavy atom. The molecule has 1 aromatic rings. The molecule has 0 aliphatic rings.